The number of hydrogen-bond acceptors (Lipinski definition) is 5. The molecule has 0 aliphatic carbocycles. The van der Waals surface area contributed by atoms with Crippen molar-refractivity contribution in [1.29, 1.82) is 0 Å². The third-order valence-corrected chi connectivity index (χ3v) is 8.29. The number of hydrogen-bond donors (Lipinski definition) is 1. The summed E-state index contributed by atoms with van der Waals surface area (Å²) in [6.07, 6.45) is 2.78. The van der Waals surface area contributed by atoms with E-state index in [0.717, 1.165) is 57.7 Å². The highest BCUT2D eigenvalue weighted by molar-refractivity contribution is 7.99. The number of nitrogens with zero attached hydrogens (tertiary/aromatic N) is 2. The van der Waals surface area contributed by atoms with Crippen LogP contribution in [-0.2, 0) is 17.6 Å². The van der Waals surface area contributed by atoms with Gasteiger partial charge in [-0.25, -0.2) is 4.98 Å². The van der Waals surface area contributed by atoms with Gasteiger partial charge >= 0.3 is 0 Å². The molecule has 4 aromatic rings. The number of fused-ring (bicyclic) bond motifs is 1. The van der Waals surface area contributed by atoms with Crippen LogP contribution in [0.3, 0.4) is 0 Å². The SMILES string of the molecule is CCCc1sc2nc(SCC(=O)Nc3c(C)cccc3CC)n(-c3cccc(C)c3)c(=O)c2c1C. The van der Waals surface area contributed by atoms with Gasteiger partial charge in [0.25, 0.3) is 5.56 Å². The molecule has 182 valence electrons. The van der Waals surface area contributed by atoms with E-state index in [-0.39, 0.29) is 17.2 Å². The summed E-state index contributed by atoms with van der Waals surface area (Å²) in [5.41, 5.74) is 5.79. The molecule has 1 amide bonds. The lowest BCUT2D eigenvalue weighted by Gasteiger charge is -2.14. The van der Waals surface area contributed by atoms with Crippen LogP contribution < -0.4 is 10.9 Å². The Balaban J connectivity index is 1.73. The first-order chi connectivity index (χ1) is 16.8. The third-order valence-electron chi connectivity index (χ3n) is 6.11. The number of carbonyl (C=O) groups is 1. The summed E-state index contributed by atoms with van der Waals surface area (Å²) < 4.78 is 1.66. The summed E-state index contributed by atoms with van der Waals surface area (Å²) in [5, 5.41) is 4.29. The lowest BCUT2D eigenvalue weighted by Crippen LogP contribution is -2.23. The number of rotatable bonds is 8. The van der Waals surface area contributed by atoms with E-state index in [1.165, 1.54) is 16.6 Å². The quantitative estimate of drug-likeness (QED) is 0.216. The van der Waals surface area contributed by atoms with Crippen molar-refractivity contribution in [2.45, 2.75) is 59.0 Å². The number of para-hydroxylation sites is 1. The molecule has 0 spiro atoms. The van der Waals surface area contributed by atoms with Crippen LogP contribution in [0.5, 0.6) is 0 Å². The molecule has 0 saturated heterocycles. The Morgan fingerprint density at radius 1 is 1.11 bits per heavy atom. The number of thioether (sulfide) groups is 1. The molecule has 5 nitrogen and oxygen atoms in total. The van der Waals surface area contributed by atoms with Gasteiger partial charge in [0.1, 0.15) is 4.83 Å². The Bertz CT molecular complexity index is 1450. The highest BCUT2D eigenvalue weighted by Gasteiger charge is 2.20. The highest BCUT2D eigenvalue weighted by atomic mass is 32.2. The normalized spacial score (nSPS) is 11.2. The standard InChI is InChI=1S/C28H31N3O2S2/c1-6-10-22-19(5)24-26(35-22)30-28(31(27(24)33)21-14-8-11-17(3)15-21)34-16-23(32)29-25-18(4)12-9-13-20(25)7-2/h8-9,11-15H,6-7,10,16H2,1-5H3,(H,29,32). The van der Waals surface area contributed by atoms with E-state index >= 15 is 0 Å². The Hall–Kier alpha value is -2.90. The molecule has 4 rings (SSSR count). The molecular formula is C28H31N3O2S2. The van der Waals surface area contributed by atoms with Crippen LogP contribution in [0.15, 0.2) is 52.4 Å². The molecule has 35 heavy (non-hydrogen) atoms. The lowest BCUT2D eigenvalue weighted by atomic mass is 10.1. The summed E-state index contributed by atoms with van der Waals surface area (Å²) in [4.78, 5) is 33.6. The van der Waals surface area contributed by atoms with Gasteiger partial charge in [-0.3, -0.25) is 14.2 Å². The van der Waals surface area contributed by atoms with Gasteiger partial charge in [0.15, 0.2) is 5.16 Å². The van der Waals surface area contributed by atoms with E-state index in [4.69, 9.17) is 4.98 Å². The lowest BCUT2D eigenvalue weighted by molar-refractivity contribution is -0.113. The topological polar surface area (TPSA) is 64.0 Å². The zero-order valence-electron chi connectivity index (χ0n) is 20.9. The maximum atomic E-state index is 13.8. The van der Waals surface area contributed by atoms with Crippen LogP contribution >= 0.6 is 23.1 Å². The van der Waals surface area contributed by atoms with Crippen LogP contribution in [0, 0.1) is 20.8 Å². The summed E-state index contributed by atoms with van der Waals surface area (Å²) in [6, 6.07) is 13.9. The van der Waals surface area contributed by atoms with Crippen molar-refractivity contribution in [3.8, 4) is 5.69 Å². The Morgan fingerprint density at radius 3 is 2.60 bits per heavy atom. The molecule has 0 radical (unpaired) electrons. The zero-order valence-corrected chi connectivity index (χ0v) is 22.5. The second-order valence-electron chi connectivity index (χ2n) is 8.75. The van der Waals surface area contributed by atoms with Gasteiger partial charge in [0.05, 0.1) is 16.8 Å². The average molecular weight is 506 g/mol. The molecule has 0 atom stereocenters. The number of anilines is 1. The molecular weight excluding hydrogens is 474 g/mol. The molecule has 0 aliphatic heterocycles. The molecule has 2 heterocycles. The first-order valence-electron chi connectivity index (χ1n) is 12.0. The second kappa shape index (κ2) is 10.8. The second-order valence-corrected chi connectivity index (χ2v) is 10.8. The van der Waals surface area contributed by atoms with E-state index in [1.54, 1.807) is 15.9 Å². The van der Waals surface area contributed by atoms with Crippen LogP contribution in [0.4, 0.5) is 5.69 Å². The number of thiophene rings is 1. The number of aryl methyl sites for hydroxylation is 5. The van der Waals surface area contributed by atoms with Crippen molar-refractivity contribution < 1.29 is 4.79 Å². The predicted octanol–water partition coefficient (Wildman–Crippen LogP) is 6.62. The Morgan fingerprint density at radius 2 is 1.89 bits per heavy atom. The molecule has 2 aromatic heterocycles. The predicted molar refractivity (Wildman–Crippen MR) is 149 cm³/mol. The van der Waals surface area contributed by atoms with Gasteiger partial charge in [-0.2, -0.15) is 0 Å². The Labute approximate surface area is 214 Å². The average Bonchev–Trinajstić information content (AvgIpc) is 3.14. The van der Waals surface area contributed by atoms with Crippen LogP contribution in [0.25, 0.3) is 15.9 Å². The number of benzene rings is 2. The molecule has 7 heteroatoms. The van der Waals surface area contributed by atoms with Gasteiger partial charge in [0.2, 0.25) is 5.91 Å². The maximum Gasteiger partial charge on any atom is 0.267 e. The summed E-state index contributed by atoms with van der Waals surface area (Å²) in [6.45, 7) is 10.2. The van der Waals surface area contributed by atoms with Crippen LogP contribution in [0.2, 0.25) is 0 Å². The van der Waals surface area contributed by atoms with Crippen molar-refractivity contribution in [2.24, 2.45) is 0 Å². The minimum atomic E-state index is -0.113. The first kappa shape index (κ1) is 25.2. The monoisotopic (exact) mass is 505 g/mol. The maximum absolute atomic E-state index is 13.8. The zero-order chi connectivity index (χ0) is 25.1. The number of nitrogens with one attached hydrogen (secondary N) is 1. The van der Waals surface area contributed by atoms with E-state index < -0.39 is 0 Å². The molecule has 0 saturated carbocycles. The third kappa shape index (κ3) is 5.21. The molecule has 0 unspecified atom stereocenters. The smallest absolute Gasteiger partial charge is 0.267 e. The van der Waals surface area contributed by atoms with Crippen molar-refractivity contribution in [2.75, 3.05) is 11.1 Å². The fourth-order valence-corrected chi connectivity index (χ4v) is 6.41. The molecule has 0 bridgehead atoms. The van der Waals surface area contributed by atoms with Gasteiger partial charge in [-0.1, -0.05) is 62.4 Å². The van der Waals surface area contributed by atoms with Crippen molar-refractivity contribution in [1.82, 2.24) is 9.55 Å². The minimum absolute atomic E-state index is 0.0771. The van der Waals surface area contributed by atoms with Gasteiger partial charge in [0, 0.05) is 10.6 Å². The summed E-state index contributed by atoms with van der Waals surface area (Å²) >= 11 is 2.89. The summed E-state index contributed by atoms with van der Waals surface area (Å²) in [7, 11) is 0. The first-order valence-corrected chi connectivity index (χ1v) is 13.8. The molecule has 2 aromatic carbocycles. The van der Waals surface area contributed by atoms with Crippen molar-refractivity contribution in [3.05, 3.63) is 79.9 Å². The highest BCUT2D eigenvalue weighted by Crippen LogP contribution is 2.31. The summed E-state index contributed by atoms with van der Waals surface area (Å²) in [5.74, 6) is 0.0473. The fourth-order valence-electron chi connectivity index (χ4n) is 4.28. The van der Waals surface area contributed by atoms with E-state index in [2.05, 4.69) is 19.2 Å². The van der Waals surface area contributed by atoms with Gasteiger partial charge in [-0.15, -0.1) is 11.3 Å². The molecule has 0 fully saturated rings. The van der Waals surface area contributed by atoms with Crippen molar-refractivity contribution >= 4 is 44.9 Å². The largest absolute Gasteiger partial charge is 0.325 e. The number of carbonyl (C=O) groups excluding carboxylic acids is 1. The van der Waals surface area contributed by atoms with Crippen LogP contribution in [0.1, 0.15) is 47.4 Å². The van der Waals surface area contributed by atoms with Crippen LogP contribution in [-0.4, -0.2) is 21.2 Å². The van der Waals surface area contributed by atoms with Gasteiger partial charge in [-0.05, 0) is 68.0 Å². The minimum Gasteiger partial charge on any atom is -0.325 e. The van der Waals surface area contributed by atoms with Crippen molar-refractivity contribution in [3.63, 3.8) is 0 Å². The molecule has 0 aliphatic rings. The van der Waals surface area contributed by atoms with E-state index in [1.807, 2.05) is 63.2 Å². The number of aromatic nitrogens is 2. The van der Waals surface area contributed by atoms with E-state index in [0.29, 0.717) is 10.5 Å². The fraction of sp³-hybridized carbons (Fsp3) is 0.321. The number of amides is 1. The van der Waals surface area contributed by atoms with E-state index in [9.17, 15) is 9.59 Å². The Kier molecular flexibility index (Phi) is 7.77. The van der Waals surface area contributed by atoms with Gasteiger partial charge < -0.3 is 5.32 Å². The molecule has 1 N–H and O–H groups in total.